The zero-order valence-electron chi connectivity index (χ0n) is 12.5. The maximum Gasteiger partial charge on any atom is 0.243 e. The predicted octanol–water partition coefficient (Wildman–Crippen LogP) is -0.00550. The molecule has 120 valence electrons. The third-order valence-corrected chi connectivity index (χ3v) is 5.30. The predicted molar refractivity (Wildman–Crippen MR) is 81.4 cm³/mol. The molecule has 1 fully saturated rings. The highest BCUT2D eigenvalue weighted by atomic mass is 32.2. The molecule has 3 N–H and O–H groups in total. The van der Waals surface area contributed by atoms with E-state index in [0.717, 1.165) is 32.4 Å². The molecule has 1 aliphatic heterocycles. The van der Waals surface area contributed by atoms with E-state index in [9.17, 15) is 8.42 Å². The monoisotopic (exact) mass is 315 g/mol. The summed E-state index contributed by atoms with van der Waals surface area (Å²) in [4.78, 5) is 2.54. The number of nitrogens with two attached hydrogens (primary N) is 1. The quantitative estimate of drug-likeness (QED) is 0.704. The van der Waals surface area contributed by atoms with E-state index in [1.54, 1.807) is 10.9 Å². The van der Waals surface area contributed by atoms with Crippen molar-refractivity contribution in [2.75, 3.05) is 26.2 Å². The Hall–Kier alpha value is -0.960. The van der Waals surface area contributed by atoms with E-state index in [-0.39, 0.29) is 4.90 Å². The minimum atomic E-state index is -3.47. The van der Waals surface area contributed by atoms with Gasteiger partial charge in [0.15, 0.2) is 0 Å². The summed E-state index contributed by atoms with van der Waals surface area (Å²) in [5, 5.41) is 4.06. The van der Waals surface area contributed by atoms with E-state index in [2.05, 4.69) is 21.6 Å². The first-order valence-corrected chi connectivity index (χ1v) is 9.01. The first-order valence-electron chi connectivity index (χ1n) is 7.53. The van der Waals surface area contributed by atoms with Gasteiger partial charge in [0.25, 0.3) is 0 Å². The third kappa shape index (κ3) is 4.26. The minimum absolute atomic E-state index is 0.223. The van der Waals surface area contributed by atoms with Crippen LogP contribution in [0.5, 0.6) is 0 Å². The van der Waals surface area contributed by atoms with Gasteiger partial charge in [-0.15, -0.1) is 0 Å². The van der Waals surface area contributed by atoms with E-state index in [0.29, 0.717) is 25.7 Å². The summed E-state index contributed by atoms with van der Waals surface area (Å²) in [6, 6.07) is 0.303. The van der Waals surface area contributed by atoms with Crippen LogP contribution in [0.4, 0.5) is 0 Å². The number of nitrogens with one attached hydrogen (secondary N) is 1. The largest absolute Gasteiger partial charge is 0.330 e. The maximum absolute atomic E-state index is 12.3. The molecule has 1 aliphatic rings. The van der Waals surface area contributed by atoms with Gasteiger partial charge < -0.3 is 5.73 Å². The van der Waals surface area contributed by atoms with Crippen molar-refractivity contribution in [3.63, 3.8) is 0 Å². The van der Waals surface area contributed by atoms with Crippen LogP contribution in [0.1, 0.15) is 26.2 Å². The van der Waals surface area contributed by atoms with Crippen LogP contribution in [-0.2, 0) is 16.6 Å². The van der Waals surface area contributed by atoms with Crippen LogP contribution in [0.2, 0.25) is 0 Å². The topological polar surface area (TPSA) is 93.2 Å². The van der Waals surface area contributed by atoms with E-state index in [4.69, 9.17) is 5.73 Å². The molecule has 1 saturated heterocycles. The van der Waals surface area contributed by atoms with Gasteiger partial charge in [-0.1, -0.05) is 6.92 Å². The molecular weight excluding hydrogens is 290 g/mol. The van der Waals surface area contributed by atoms with Crippen LogP contribution >= 0.6 is 0 Å². The zero-order valence-corrected chi connectivity index (χ0v) is 13.3. The second kappa shape index (κ2) is 7.35. The average Bonchev–Trinajstić information content (AvgIpc) is 3.12. The van der Waals surface area contributed by atoms with E-state index >= 15 is 0 Å². The molecule has 21 heavy (non-hydrogen) atoms. The van der Waals surface area contributed by atoms with Gasteiger partial charge in [0, 0.05) is 25.3 Å². The van der Waals surface area contributed by atoms with Gasteiger partial charge in [-0.2, -0.15) is 5.10 Å². The van der Waals surface area contributed by atoms with Crippen LogP contribution < -0.4 is 10.5 Å². The summed E-state index contributed by atoms with van der Waals surface area (Å²) < 4.78 is 28.9. The van der Waals surface area contributed by atoms with Crippen molar-refractivity contribution in [2.45, 2.75) is 43.7 Å². The molecule has 0 saturated carbocycles. The second-order valence-corrected chi connectivity index (χ2v) is 7.12. The Morgan fingerprint density at radius 3 is 3.05 bits per heavy atom. The molecule has 2 heterocycles. The fourth-order valence-electron chi connectivity index (χ4n) is 2.69. The molecule has 7 nitrogen and oxygen atoms in total. The number of rotatable bonds is 8. The van der Waals surface area contributed by atoms with Crippen LogP contribution in [0.15, 0.2) is 17.3 Å². The molecule has 0 radical (unpaired) electrons. The van der Waals surface area contributed by atoms with Gasteiger partial charge in [-0.25, -0.2) is 13.1 Å². The summed E-state index contributed by atoms with van der Waals surface area (Å²) >= 11 is 0. The number of nitrogens with zero attached hydrogens (tertiary/aromatic N) is 3. The normalized spacial score (nSPS) is 20.2. The maximum atomic E-state index is 12.3. The Bertz CT molecular complexity index is 543. The van der Waals surface area contributed by atoms with Gasteiger partial charge in [0.05, 0.1) is 6.20 Å². The highest BCUT2D eigenvalue weighted by Crippen LogP contribution is 2.16. The standard InChI is InChI=1S/C13H25N5O2S/c1-2-17-7-3-5-12(17)9-16-21(19,20)13-10-15-18(11-13)8-4-6-14/h10-12,16H,2-9,14H2,1H3. The molecule has 1 atom stereocenters. The van der Waals surface area contributed by atoms with Gasteiger partial charge in [-0.3, -0.25) is 9.58 Å². The molecule has 0 bridgehead atoms. The Labute approximate surface area is 126 Å². The molecule has 2 rings (SSSR count). The summed E-state index contributed by atoms with van der Waals surface area (Å²) in [7, 11) is -3.47. The smallest absolute Gasteiger partial charge is 0.243 e. The number of aromatic nitrogens is 2. The summed E-state index contributed by atoms with van der Waals surface area (Å²) in [6.07, 6.45) is 5.92. The Balaban J connectivity index is 1.93. The Kier molecular flexibility index (Phi) is 5.74. The second-order valence-electron chi connectivity index (χ2n) is 5.36. The molecule has 0 spiro atoms. The van der Waals surface area contributed by atoms with E-state index < -0.39 is 10.0 Å². The average molecular weight is 315 g/mol. The fraction of sp³-hybridized carbons (Fsp3) is 0.769. The Morgan fingerprint density at radius 1 is 1.52 bits per heavy atom. The summed E-state index contributed by atoms with van der Waals surface area (Å²) in [6.45, 7) is 5.79. The molecule has 0 aromatic carbocycles. The summed E-state index contributed by atoms with van der Waals surface area (Å²) in [5.41, 5.74) is 5.44. The van der Waals surface area contributed by atoms with Crippen molar-refractivity contribution in [3.05, 3.63) is 12.4 Å². The van der Waals surface area contributed by atoms with Crippen LogP contribution in [0, 0.1) is 0 Å². The van der Waals surface area contributed by atoms with Gasteiger partial charge in [0.1, 0.15) is 4.90 Å². The summed E-state index contributed by atoms with van der Waals surface area (Å²) in [5.74, 6) is 0. The lowest BCUT2D eigenvalue weighted by Gasteiger charge is -2.22. The Morgan fingerprint density at radius 2 is 2.33 bits per heavy atom. The number of aryl methyl sites for hydroxylation is 1. The van der Waals surface area contributed by atoms with Crippen LogP contribution in [-0.4, -0.2) is 55.3 Å². The number of sulfonamides is 1. The fourth-order valence-corrected chi connectivity index (χ4v) is 3.72. The first kappa shape index (κ1) is 16.4. The number of hydrogen-bond acceptors (Lipinski definition) is 5. The van der Waals surface area contributed by atoms with E-state index in [1.807, 2.05) is 0 Å². The molecule has 1 aromatic heterocycles. The number of likely N-dealkylation sites (N-methyl/N-ethyl adjacent to an activating group) is 1. The van der Waals surface area contributed by atoms with Gasteiger partial charge in [-0.05, 0) is 38.9 Å². The van der Waals surface area contributed by atoms with Crippen molar-refractivity contribution >= 4 is 10.0 Å². The zero-order chi connectivity index (χ0) is 15.3. The highest BCUT2D eigenvalue weighted by molar-refractivity contribution is 7.89. The molecule has 8 heteroatoms. The van der Waals surface area contributed by atoms with Gasteiger partial charge >= 0.3 is 0 Å². The molecule has 1 aromatic rings. The number of hydrogen-bond donors (Lipinski definition) is 2. The highest BCUT2D eigenvalue weighted by Gasteiger charge is 2.25. The van der Waals surface area contributed by atoms with Crippen molar-refractivity contribution in [2.24, 2.45) is 5.73 Å². The molecule has 0 aliphatic carbocycles. The van der Waals surface area contributed by atoms with Crippen LogP contribution in [0.25, 0.3) is 0 Å². The van der Waals surface area contributed by atoms with Gasteiger partial charge in [0.2, 0.25) is 10.0 Å². The van der Waals surface area contributed by atoms with E-state index in [1.165, 1.54) is 6.20 Å². The molecular formula is C13H25N5O2S. The SMILES string of the molecule is CCN1CCCC1CNS(=O)(=O)c1cnn(CCCN)c1. The molecule has 0 amide bonds. The van der Waals surface area contributed by atoms with Crippen LogP contribution in [0.3, 0.4) is 0 Å². The lowest BCUT2D eigenvalue weighted by atomic mass is 10.2. The van der Waals surface area contributed by atoms with Crippen molar-refractivity contribution in [1.82, 2.24) is 19.4 Å². The molecule has 1 unspecified atom stereocenters. The van der Waals surface area contributed by atoms with Crippen molar-refractivity contribution in [1.29, 1.82) is 0 Å². The minimum Gasteiger partial charge on any atom is -0.330 e. The first-order chi connectivity index (χ1) is 10.1. The van der Waals surface area contributed by atoms with Crippen molar-refractivity contribution in [3.8, 4) is 0 Å². The lowest BCUT2D eigenvalue weighted by Crippen LogP contribution is -2.39. The van der Waals surface area contributed by atoms with Crippen molar-refractivity contribution < 1.29 is 8.42 Å². The third-order valence-electron chi connectivity index (χ3n) is 3.93. The number of likely N-dealkylation sites (tertiary alicyclic amines) is 1. The lowest BCUT2D eigenvalue weighted by molar-refractivity contribution is 0.268.